The van der Waals surface area contributed by atoms with Gasteiger partial charge in [0, 0.05) is 41.8 Å². The number of para-hydroxylation sites is 1. The lowest BCUT2D eigenvalue weighted by atomic mass is 10.0. The number of imidazole rings is 1. The fourth-order valence-electron chi connectivity index (χ4n) is 4.03. The van der Waals surface area contributed by atoms with Crippen LogP contribution in [0.1, 0.15) is 24.6 Å². The smallest absolute Gasteiger partial charge is 0.328 e. The van der Waals surface area contributed by atoms with Crippen LogP contribution in [0.5, 0.6) is 0 Å². The molecule has 2 aromatic heterocycles. The maximum Gasteiger partial charge on any atom is 0.328 e. The summed E-state index contributed by atoms with van der Waals surface area (Å²) in [7, 11) is 0. The average Bonchev–Trinajstić information content (AvgIpc) is 3.55. The Labute approximate surface area is 227 Å². The van der Waals surface area contributed by atoms with E-state index in [1.807, 2.05) is 0 Å². The predicted molar refractivity (Wildman–Crippen MR) is 140 cm³/mol. The number of H-pyrrole nitrogens is 2. The SMILES string of the molecule is CC(O)C(NC(=O)C(Cc1c[nH]c2ccccc12)NC(=O)C(CC(=O)O)NC(=O)C(N)Cc1cnc[nH]1)C(=O)O. The van der Waals surface area contributed by atoms with Crippen molar-refractivity contribution >= 4 is 40.6 Å². The van der Waals surface area contributed by atoms with Crippen LogP contribution in [0.3, 0.4) is 0 Å². The molecule has 2 heterocycles. The second-order valence-corrected chi connectivity index (χ2v) is 9.24. The number of aromatic amines is 2. The monoisotopic (exact) mass is 557 g/mol. The number of carbonyl (C=O) groups excluding carboxylic acids is 3. The van der Waals surface area contributed by atoms with Gasteiger partial charge in [0.15, 0.2) is 6.04 Å². The number of rotatable bonds is 14. The minimum Gasteiger partial charge on any atom is -0.481 e. The second kappa shape index (κ2) is 13.3. The first-order chi connectivity index (χ1) is 19.0. The quantitative estimate of drug-likeness (QED) is 0.110. The highest BCUT2D eigenvalue weighted by Gasteiger charge is 2.33. The van der Waals surface area contributed by atoms with Crippen LogP contribution in [0.25, 0.3) is 10.9 Å². The number of amides is 3. The Bertz CT molecular complexity index is 1350. The number of benzene rings is 1. The molecule has 15 nitrogen and oxygen atoms in total. The molecule has 3 amide bonds. The largest absolute Gasteiger partial charge is 0.481 e. The van der Waals surface area contributed by atoms with Gasteiger partial charge < -0.3 is 47.0 Å². The third-order valence-corrected chi connectivity index (χ3v) is 6.12. The number of fused-ring (bicyclic) bond motifs is 1. The van der Waals surface area contributed by atoms with Crippen LogP contribution < -0.4 is 21.7 Å². The number of aliphatic carboxylic acids is 2. The minimum absolute atomic E-state index is 0.0365. The first-order valence-electron chi connectivity index (χ1n) is 12.3. The number of aromatic nitrogens is 3. The molecule has 40 heavy (non-hydrogen) atoms. The summed E-state index contributed by atoms with van der Waals surface area (Å²) in [5.41, 5.74) is 7.80. The number of carboxylic acid groups (broad SMARTS) is 2. The first kappa shape index (κ1) is 29.8. The zero-order chi connectivity index (χ0) is 29.4. The van der Waals surface area contributed by atoms with Crippen LogP contribution in [0, 0.1) is 0 Å². The fourth-order valence-corrected chi connectivity index (χ4v) is 4.03. The molecule has 0 saturated carbocycles. The number of aliphatic hydroxyl groups excluding tert-OH is 1. The van der Waals surface area contributed by atoms with Gasteiger partial charge in [0.05, 0.1) is 24.9 Å². The molecule has 3 aromatic rings. The van der Waals surface area contributed by atoms with Crippen molar-refractivity contribution in [3.63, 3.8) is 0 Å². The average molecular weight is 558 g/mol. The predicted octanol–water partition coefficient (Wildman–Crippen LogP) is -1.60. The molecule has 0 saturated heterocycles. The van der Waals surface area contributed by atoms with E-state index in [0.29, 0.717) is 11.3 Å². The zero-order valence-corrected chi connectivity index (χ0v) is 21.5. The minimum atomic E-state index is -1.68. The third-order valence-electron chi connectivity index (χ3n) is 6.12. The molecular formula is C25H31N7O8. The van der Waals surface area contributed by atoms with Gasteiger partial charge in [-0.3, -0.25) is 19.2 Å². The van der Waals surface area contributed by atoms with Crippen molar-refractivity contribution in [3.8, 4) is 0 Å². The third kappa shape index (κ3) is 7.87. The van der Waals surface area contributed by atoms with Crippen molar-refractivity contribution in [2.75, 3.05) is 0 Å². The summed E-state index contributed by atoms with van der Waals surface area (Å²) in [6.45, 7) is 1.18. The second-order valence-electron chi connectivity index (χ2n) is 9.24. The molecule has 3 rings (SSSR count). The van der Waals surface area contributed by atoms with Crippen molar-refractivity contribution < 1.29 is 39.3 Å². The Balaban J connectivity index is 1.82. The van der Waals surface area contributed by atoms with Crippen LogP contribution in [-0.4, -0.2) is 90.2 Å². The summed E-state index contributed by atoms with van der Waals surface area (Å²) in [4.78, 5) is 71.7. The standard InChI is InChI=1S/C25H31N7O8/c1-12(33)21(25(39)40)32-24(38)18(6-13-9-28-17-5-3-2-4-15(13)17)31-23(37)19(8-20(34)35)30-22(36)16(26)7-14-10-27-11-29-14/h2-5,9-12,16,18-19,21,28,33H,6-8,26H2,1H3,(H,27,29)(H,30,36)(H,31,37)(H,32,38)(H,34,35)(H,39,40). The Morgan fingerprint density at radius 3 is 2.25 bits per heavy atom. The molecule has 214 valence electrons. The summed E-state index contributed by atoms with van der Waals surface area (Å²) >= 11 is 0. The van der Waals surface area contributed by atoms with Gasteiger partial charge in [-0.2, -0.15) is 0 Å². The van der Waals surface area contributed by atoms with E-state index in [0.717, 1.165) is 10.9 Å². The van der Waals surface area contributed by atoms with Crippen molar-refractivity contribution in [3.05, 3.63) is 54.2 Å². The van der Waals surface area contributed by atoms with Crippen LogP contribution in [0.4, 0.5) is 0 Å². The normalized spacial score (nSPS) is 14.9. The molecule has 0 aliphatic carbocycles. The number of hydrogen-bond donors (Lipinski definition) is 9. The number of carbonyl (C=O) groups is 5. The molecule has 5 atom stereocenters. The highest BCUT2D eigenvalue weighted by Crippen LogP contribution is 2.19. The van der Waals surface area contributed by atoms with E-state index in [4.69, 9.17) is 5.73 Å². The van der Waals surface area contributed by atoms with Crippen LogP contribution >= 0.6 is 0 Å². The van der Waals surface area contributed by atoms with Gasteiger partial charge in [0.2, 0.25) is 17.7 Å². The summed E-state index contributed by atoms with van der Waals surface area (Å²) in [5.74, 6) is -5.66. The van der Waals surface area contributed by atoms with Gasteiger partial charge in [0.1, 0.15) is 12.1 Å². The van der Waals surface area contributed by atoms with E-state index in [-0.39, 0.29) is 12.8 Å². The van der Waals surface area contributed by atoms with Gasteiger partial charge >= 0.3 is 11.9 Å². The lowest BCUT2D eigenvalue weighted by molar-refractivity contribution is -0.145. The van der Waals surface area contributed by atoms with E-state index in [1.54, 1.807) is 30.5 Å². The molecule has 15 heteroatoms. The topological polar surface area (TPSA) is 253 Å². The molecule has 5 unspecified atom stereocenters. The van der Waals surface area contributed by atoms with Crippen molar-refractivity contribution in [1.82, 2.24) is 30.9 Å². The number of carboxylic acids is 2. The van der Waals surface area contributed by atoms with Crippen molar-refractivity contribution in [1.29, 1.82) is 0 Å². The number of aliphatic hydroxyl groups is 1. The molecule has 10 N–H and O–H groups in total. The molecule has 0 aliphatic rings. The summed E-state index contributed by atoms with van der Waals surface area (Å²) in [6.07, 6.45) is 2.11. The Hall–Kier alpha value is -4.76. The molecular weight excluding hydrogens is 526 g/mol. The number of hydrogen-bond acceptors (Lipinski definition) is 8. The van der Waals surface area contributed by atoms with E-state index < -0.39 is 66.4 Å². The Morgan fingerprint density at radius 1 is 0.950 bits per heavy atom. The highest BCUT2D eigenvalue weighted by molar-refractivity contribution is 5.96. The Kier molecular flexibility index (Phi) is 9.94. The molecule has 0 radical (unpaired) electrons. The fraction of sp³-hybridized carbons (Fsp3) is 0.360. The maximum atomic E-state index is 13.2. The molecule has 0 spiro atoms. The van der Waals surface area contributed by atoms with Crippen molar-refractivity contribution in [2.45, 2.75) is 56.5 Å². The van der Waals surface area contributed by atoms with Gasteiger partial charge in [-0.1, -0.05) is 18.2 Å². The summed E-state index contributed by atoms with van der Waals surface area (Å²) < 4.78 is 0. The lowest BCUT2D eigenvalue weighted by Gasteiger charge is -2.25. The number of nitrogens with zero attached hydrogens (tertiary/aromatic N) is 1. The maximum absolute atomic E-state index is 13.2. The van der Waals surface area contributed by atoms with E-state index >= 15 is 0 Å². The van der Waals surface area contributed by atoms with Crippen molar-refractivity contribution in [2.24, 2.45) is 5.73 Å². The number of nitrogens with one attached hydrogen (secondary N) is 5. The van der Waals surface area contributed by atoms with Gasteiger partial charge in [-0.25, -0.2) is 9.78 Å². The van der Waals surface area contributed by atoms with Gasteiger partial charge in [-0.15, -0.1) is 0 Å². The lowest BCUT2D eigenvalue weighted by Crippen LogP contribution is -2.59. The molecule has 0 fully saturated rings. The summed E-state index contributed by atoms with van der Waals surface area (Å²) in [6, 6.07) is 1.31. The molecule has 0 bridgehead atoms. The summed E-state index contributed by atoms with van der Waals surface area (Å²) in [5, 5.41) is 36.2. The highest BCUT2D eigenvalue weighted by atomic mass is 16.4. The number of nitrogens with two attached hydrogens (primary N) is 1. The molecule has 1 aromatic carbocycles. The first-order valence-corrected chi connectivity index (χ1v) is 12.3. The van der Waals surface area contributed by atoms with Crippen LogP contribution in [0.2, 0.25) is 0 Å². The van der Waals surface area contributed by atoms with Crippen LogP contribution in [0.15, 0.2) is 43.0 Å². The Morgan fingerprint density at radius 2 is 1.62 bits per heavy atom. The molecule has 0 aliphatic heterocycles. The van der Waals surface area contributed by atoms with Gasteiger partial charge in [-0.05, 0) is 18.6 Å². The van der Waals surface area contributed by atoms with Gasteiger partial charge in [0.25, 0.3) is 0 Å². The van der Waals surface area contributed by atoms with E-state index in [1.165, 1.54) is 19.4 Å². The van der Waals surface area contributed by atoms with Crippen LogP contribution in [-0.2, 0) is 36.8 Å². The zero-order valence-electron chi connectivity index (χ0n) is 21.5. The van der Waals surface area contributed by atoms with E-state index in [2.05, 4.69) is 30.9 Å². The van der Waals surface area contributed by atoms with E-state index in [9.17, 15) is 39.3 Å².